The van der Waals surface area contributed by atoms with Gasteiger partial charge in [-0.25, -0.2) is 22.9 Å². The number of carbonyl (C=O) groups excluding carboxylic acids is 2. The molecular weight excluding hydrogens is 559 g/mol. The maximum atomic E-state index is 13.4. The highest BCUT2D eigenvalue weighted by Crippen LogP contribution is 2.35. The molecule has 0 spiro atoms. The van der Waals surface area contributed by atoms with Crippen LogP contribution in [0.2, 0.25) is 0 Å². The monoisotopic (exact) mass is 583 g/mol. The summed E-state index contributed by atoms with van der Waals surface area (Å²) >= 11 is 2.23. The summed E-state index contributed by atoms with van der Waals surface area (Å²) in [6, 6.07) is 15.7. The predicted octanol–water partition coefficient (Wildman–Crippen LogP) is 4.81. The molecule has 39 heavy (non-hydrogen) atoms. The topological polar surface area (TPSA) is 149 Å². The Morgan fingerprint density at radius 1 is 1.05 bits per heavy atom. The van der Waals surface area contributed by atoms with E-state index in [1.54, 1.807) is 24.3 Å². The van der Waals surface area contributed by atoms with Gasteiger partial charge in [0.25, 0.3) is 15.0 Å². The van der Waals surface area contributed by atoms with Crippen molar-refractivity contribution in [2.24, 2.45) is 13.0 Å². The molecule has 2 heterocycles. The minimum absolute atomic E-state index is 0.0172. The highest BCUT2D eigenvalue weighted by atomic mass is 32.2. The summed E-state index contributed by atoms with van der Waals surface area (Å²) in [6.45, 7) is 0. The summed E-state index contributed by atoms with van der Waals surface area (Å²) in [4.78, 5) is 31.3. The number of nitrogens with zero attached hydrogens (tertiary/aromatic N) is 5. The molecule has 1 aliphatic carbocycles. The second-order valence-electron chi connectivity index (χ2n) is 8.91. The molecule has 5 rings (SSSR count). The van der Waals surface area contributed by atoms with Gasteiger partial charge in [0.1, 0.15) is 0 Å². The maximum Gasteiger partial charge on any atom is 0.325 e. The molecule has 0 atom stereocenters. The van der Waals surface area contributed by atoms with E-state index in [0.29, 0.717) is 11.3 Å². The number of rotatable bonds is 9. The lowest BCUT2D eigenvalue weighted by Gasteiger charge is -2.13. The number of para-hydroxylation sites is 1. The van der Waals surface area contributed by atoms with Crippen molar-refractivity contribution in [3.05, 3.63) is 65.9 Å². The number of aryl methyl sites for hydroxylation is 1. The smallest absolute Gasteiger partial charge is 0.307 e. The standard InChI is InChI=1S/C25H25N7O4S3/c1-32-25(29-30-31-32)39(35,36)22-20(15-37-17-11-3-2-4-12-17)27-24(38-22)28-23(34)26-19-14-8-7-13-18(19)21(33)16-9-5-6-10-16/h2-4,7-8,11-14,16H,5-6,9-10,15H2,1H3,(H2,26,27,28,34). The number of Topliss-reactive ketones (excluding diaryl/α,β-unsaturated/α-hetero) is 1. The fraction of sp³-hybridized carbons (Fsp3) is 0.280. The third-order valence-electron chi connectivity index (χ3n) is 6.23. The van der Waals surface area contributed by atoms with E-state index < -0.39 is 15.9 Å². The number of nitrogens with one attached hydrogen (secondary N) is 2. The van der Waals surface area contributed by atoms with Crippen molar-refractivity contribution in [2.75, 3.05) is 10.6 Å². The predicted molar refractivity (Wildman–Crippen MR) is 148 cm³/mol. The van der Waals surface area contributed by atoms with Crippen LogP contribution in [0.15, 0.2) is 68.9 Å². The molecule has 2 aromatic carbocycles. The number of thiazole rings is 1. The highest BCUT2D eigenvalue weighted by Gasteiger charge is 2.31. The molecule has 2 aromatic heterocycles. The van der Waals surface area contributed by atoms with Crippen LogP contribution < -0.4 is 10.6 Å². The van der Waals surface area contributed by atoms with Crippen LogP contribution in [0.5, 0.6) is 0 Å². The number of ketones is 1. The molecule has 0 radical (unpaired) electrons. The highest BCUT2D eigenvalue weighted by molar-refractivity contribution is 7.98. The fourth-order valence-corrected chi connectivity index (χ4v) is 8.14. The van der Waals surface area contributed by atoms with Crippen molar-refractivity contribution >= 4 is 55.6 Å². The van der Waals surface area contributed by atoms with E-state index in [-0.39, 0.29) is 37.6 Å². The van der Waals surface area contributed by atoms with Gasteiger partial charge in [0, 0.05) is 29.2 Å². The van der Waals surface area contributed by atoms with E-state index in [0.717, 1.165) is 46.6 Å². The third kappa shape index (κ3) is 6.02. The van der Waals surface area contributed by atoms with Crippen LogP contribution in [0, 0.1) is 5.92 Å². The Morgan fingerprint density at radius 2 is 1.77 bits per heavy atom. The van der Waals surface area contributed by atoms with E-state index >= 15 is 0 Å². The second kappa shape index (κ2) is 11.6. The van der Waals surface area contributed by atoms with Gasteiger partial charge in [-0.3, -0.25) is 10.1 Å². The Morgan fingerprint density at radius 3 is 2.49 bits per heavy atom. The molecule has 11 nitrogen and oxygen atoms in total. The average molecular weight is 584 g/mol. The van der Waals surface area contributed by atoms with Crippen molar-refractivity contribution in [3.8, 4) is 0 Å². The van der Waals surface area contributed by atoms with Crippen molar-refractivity contribution in [3.63, 3.8) is 0 Å². The molecule has 0 bridgehead atoms. The van der Waals surface area contributed by atoms with Crippen LogP contribution in [-0.2, 0) is 22.6 Å². The number of thioether (sulfide) groups is 1. The minimum Gasteiger partial charge on any atom is -0.307 e. The number of carbonyl (C=O) groups is 2. The Bertz CT molecular complexity index is 1600. The number of benzene rings is 2. The molecule has 1 aliphatic rings. The van der Waals surface area contributed by atoms with Gasteiger partial charge in [0.2, 0.25) is 0 Å². The summed E-state index contributed by atoms with van der Waals surface area (Å²) < 4.78 is 27.8. The zero-order valence-electron chi connectivity index (χ0n) is 20.9. The van der Waals surface area contributed by atoms with Gasteiger partial charge in [-0.2, -0.15) is 0 Å². The lowest BCUT2D eigenvalue weighted by atomic mass is 9.95. The third-order valence-corrected chi connectivity index (χ3v) is 10.5. The molecule has 0 saturated heterocycles. The van der Waals surface area contributed by atoms with Crippen molar-refractivity contribution < 1.29 is 18.0 Å². The van der Waals surface area contributed by atoms with Crippen LogP contribution in [0.3, 0.4) is 0 Å². The summed E-state index contributed by atoms with van der Waals surface area (Å²) in [5.41, 5.74) is 1.11. The van der Waals surface area contributed by atoms with Crippen LogP contribution >= 0.6 is 23.1 Å². The molecule has 1 saturated carbocycles. The first kappa shape index (κ1) is 27.0. The van der Waals surface area contributed by atoms with Gasteiger partial charge in [-0.15, -0.1) is 11.8 Å². The average Bonchev–Trinajstić information content (AvgIpc) is 3.70. The van der Waals surface area contributed by atoms with Crippen LogP contribution in [-0.4, -0.2) is 45.4 Å². The lowest BCUT2D eigenvalue weighted by Crippen LogP contribution is -2.22. The molecule has 0 aliphatic heterocycles. The molecule has 0 unspecified atom stereocenters. The first-order valence-electron chi connectivity index (χ1n) is 12.2. The first-order chi connectivity index (χ1) is 18.8. The maximum absolute atomic E-state index is 13.4. The second-order valence-corrected chi connectivity index (χ2v) is 13.0. The zero-order chi connectivity index (χ0) is 27.4. The summed E-state index contributed by atoms with van der Waals surface area (Å²) in [5, 5.41) is 15.9. The Kier molecular flexibility index (Phi) is 8.04. The first-order valence-corrected chi connectivity index (χ1v) is 15.5. The molecular formula is C25H25N7O4S3. The van der Waals surface area contributed by atoms with Crippen molar-refractivity contribution in [1.29, 1.82) is 0 Å². The Hall–Kier alpha value is -3.62. The van der Waals surface area contributed by atoms with Crippen LogP contribution in [0.25, 0.3) is 0 Å². The molecule has 4 aromatic rings. The summed E-state index contributed by atoms with van der Waals surface area (Å²) in [6.07, 6.45) is 3.75. The normalized spacial score (nSPS) is 13.9. The summed E-state index contributed by atoms with van der Waals surface area (Å²) in [7, 11) is -2.68. The lowest BCUT2D eigenvalue weighted by molar-refractivity contribution is 0.0923. The van der Waals surface area contributed by atoms with Gasteiger partial charge in [-0.05, 0) is 47.5 Å². The van der Waals surface area contributed by atoms with Gasteiger partial charge in [0.15, 0.2) is 15.1 Å². The number of anilines is 2. The number of sulfone groups is 1. The zero-order valence-corrected chi connectivity index (χ0v) is 23.4. The van der Waals surface area contributed by atoms with E-state index in [1.807, 2.05) is 30.3 Å². The van der Waals surface area contributed by atoms with E-state index in [1.165, 1.54) is 18.8 Å². The number of amides is 2. The quantitative estimate of drug-likeness (QED) is 0.209. The van der Waals surface area contributed by atoms with Gasteiger partial charge in [0.05, 0.1) is 11.4 Å². The molecule has 14 heteroatoms. The van der Waals surface area contributed by atoms with E-state index in [2.05, 4.69) is 31.1 Å². The fourth-order valence-electron chi connectivity index (χ4n) is 4.36. The molecule has 1 fully saturated rings. The Labute approximate surface area is 233 Å². The molecule has 2 N–H and O–H groups in total. The van der Waals surface area contributed by atoms with Crippen LogP contribution in [0.1, 0.15) is 41.7 Å². The molecule has 2 amide bonds. The minimum atomic E-state index is -4.11. The van der Waals surface area contributed by atoms with E-state index in [4.69, 9.17) is 0 Å². The van der Waals surface area contributed by atoms with Gasteiger partial charge in [-0.1, -0.05) is 59.6 Å². The number of hydrogen-bond donors (Lipinski definition) is 2. The Balaban J connectivity index is 1.39. The summed E-state index contributed by atoms with van der Waals surface area (Å²) in [5.74, 6) is 0.216. The number of hydrogen-bond acceptors (Lipinski definition) is 10. The van der Waals surface area contributed by atoms with Crippen LogP contribution in [0.4, 0.5) is 15.6 Å². The number of aromatic nitrogens is 5. The van der Waals surface area contributed by atoms with Crippen molar-refractivity contribution in [2.45, 2.75) is 45.7 Å². The van der Waals surface area contributed by atoms with Gasteiger partial charge < -0.3 is 5.32 Å². The molecule has 202 valence electrons. The SMILES string of the molecule is Cn1nnnc1S(=O)(=O)c1sc(NC(=O)Nc2ccccc2C(=O)C2CCCC2)nc1CSc1ccccc1. The van der Waals surface area contributed by atoms with E-state index in [9.17, 15) is 18.0 Å². The van der Waals surface area contributed by atoms with Gasteiger partial charge >= 0.3 is 6.03 Å². The van der Waals surface area contributed by atoms with Crippen molar-refractivity contribution in [1.82, 2.24) is 25.2 Å². The largest absolute Gasteiger partial charge is 0.325 e. The number of tetrazole rings is 1. The number of urea groups is 1.